The molecule has 0 amide bonds. The predicted molar refractivity (Wildman–Crippen MR) is 106 cm³/mol. The summed E-state index contributed by atoms with van der Waals surface area (Å²) in [7, 11) is 0. The van der Waals surface area contributed by atoms with Gasteiger partial charge in [0.15, 0.2) is 5.65 Å². The molecular formula is C22H16N4O. The zero-order chi connectivity index (χ0) is 18.2. The Morgan fingerprint density at radius 1 is 0.815 bits per heavy atom. The SMILES string of the molecule is O=c1c2cnn(-c3ccccc3)c2ncn1Cc1cccc2ccccc12. The van der Waals surface area contributed by atoms with Crippen molar-refractivity contribution in [1.29, 1.82) is 0 Å². The van der Waals surface area contributed by atoms with Crippen LogP contribution in [0.1, 0.15) is 5.56 Å². The fourth-order valence-corrected chi connectivity index (χ4v) is 3.43. The predicted octanol–water partition coefficient (Wildman–Crippen LogP) is 3.78. The van der Waals surface area contributed by atoms with Crippen LogP contribution in [0.15, 0.2) is 90.1 Å². The third kappa shape index (κ3) is 2.60. The highest BCUT2D eigenvalue weighted by Crippen LogP contribution is 2.19. The summed E-state index contributed by atoms with van der Waals surface area (Å²) in [5.41, 5.74) is 2.45. The van der Waals surface area contributed by atoms with Gasteiger partial charge in [-0.25, -0.2) is 9.67 Å². The Hall–Kier alpha value is -3.73. The Kier molecular flexibility index (Phi) is 3.57. The van der Waals surface area contributed by atoms with Gasteiger partial charge in [0.25, 0.3) is 5.56 Å². The first-order chi connectivity index (χ1) is 13.3. The monoisotopic (exact) mass is 352 g/mol. The molecule has 0 N–H and O–H groups in total. The topological polar surface area (TPSA) is 52.7 Å². The summed E-state index contributed by atoms with van der Waals surface area (Å²) in [6, 6.07) is 24.0. The molecule has 27 heavy (non-hydrogen) atoms. The number of benzene rings is 3. The number of aromatic nitrogens is 4. The fraction of sp³-hybridized carbons (Fsp3) is 0.0455. The van der Waals surface area contributed by atoms with Crippen LogP contribution < -0.4 is 5.56 Å². The van der Waals surface area contributed by atoms with Crippen molar-refractivity contribution in [3.8, 4) is 5.69 Å². The van der Waals surface area contributed by atoms with Crippen LogP contribution in [-0.4, -0.2) is 19.3 Å². The van der Waals surface area contributed by atoms with E-state index in [1.807, 2.05) is 54.6 Å². The van der Waals surface area contributed by atoms with E-state index >= 15 is 0 Å². The molecule has 0 bridgehead atoms. The lowest BCUT2D eigenvalue weighted by atomic mass is 10.0. The minimum Gasteiger partial charge on any atom is -0.294 e. The average Bonchev–Trinajstić information content (AvgIpc) is 3.16. The van der Waals surface area contributed by atoms with Crippen molar-refractivity contribution in [3.05, 3.63) is 101 Å². The summed E-state index contributed by atoms with van der Waals surface area (Å²) >= 11 is 0. The molecule has 5 aromatic rings. The second-order valence-electron chi connectivity index (χ2n) is 6.45. The van der Waals surface area contributed by atoms with E-state index in [0.29, 0.717) is 17.6 Å². The molecule has 5 nitrogen and oxygen atoms in total. The molecule has 3 aromatic carbocycles. The second-order valence-corrected chi connectivity index (χ2v) is 6.45. The molecule has 2 heterocycles. The average molecular weight is 352 g/mol. The van der Waals surface area contributed by atoms with Gasteiger partial charge in [-0.2, -0.15) is 5.10 Å². The number of fused-ring (bicyclic) bond motifs is 2. The first kappa shape index (κ1) is 15.5. The smallest absolute Gasteiger partial charge is 0.264 e. The maximum atomic E-state index is 13.0. The molecule has 0 aliphatic carbocycles. The number of nitrogens with zero attached hydrogens (tertiary/aromatic N) is 4. The normalized spacial score (nSPS) is 11.3. The Morgan fingerprint density at radius 2 is 1.59 bits per heavy atom. The van der Waals surface area contributed by atoms with E-state index in [9.17, 15) is 4.79 Å². The molecule has 0 fully saturated rings. The lowest BCUT2D eigenvalue weighted by Gasteiger charge is -2.09. The Bertz CT molecular complexity index is 1310. The summed E-state index contributed by atoms with van der Waals surface area (Å²) in [6.07, 6.45) is 3.20. The number of hydrogen-bond acceptors (Lipinski definition) is 3. The summed E-state index contributed by atoms with van der Waals surface area (Å²) in [5.74, 6) is 0. The maximum Gasteiger partial charge on any atom is 0.264 e. The lowest BCUT2D eigenvalue weighted by molar-refractivity contribution is 0.749. The molecular weight excluding hydrogens is 336 g/mol. The largest absolute Gasteiger partial charge is 0.294 e. The van der Waals surface area contributed by atoms with Crippen LogP contribution in [0.3, 0.4) is 0 Å². The minimum atomic E-state index is -0.0879. The Morgan fingerprint density at radius 3 is 2.48 bits per heavy atom. The molecule has 0 saturated heterocycles. The molecule has 0 radical (unpaired) electrons. The van der Waals surface area contributed by atoms with E-state index < -0.39 is 0 Å². The molecule has 0 aliphatic heterocycles. The van der Waals surface area contributed by atoms with Gasteiger partial charge in [0.05, 0.1) is 18.4 Å². The highest BCUT2D eigenvalue weighted by Gasteiger charge is 2.12. The van der Waals surface area contributed by atoms with E-state index in [1.165, 1.54) is 0 Å². The van der Waals surface area contributed by atoms with Crippen LogP contribution in [-0.2, 0) is 6.54 Å². The van der Waals surface area contributed by atoms with Crippen LogP contribution in [0.2, 0.25) is 0 Å². The van der Waals surface area contributed by atoms with Crippen molar-refractivity contribution >= 4 is 21.8 Å². The van der Waals surface area contributed by atoms with Gasteiger partial charge in [0.2, 0.25) is 0 Å². The van der Waals surface area contributed by atoms with Crippen LogP contribution in [0.25, 0.3) is 27.5 Å². The van der Waals surface area contributed by atoms with E-state index in [2.05, 4.69) is 28.3 Å². The van der Waals surface area contributed by atoms with E-state index in [0.717, 1.165) is 22.0 Å². The van der Waals surface area contributed by atoms with Crippen LogP contribution in [0.5, 0.6) is 0 Å². The molecule has 0 atom stereocenters. The molecule has 0 saturated carbocycles. The van der Waals surface area contributed by atoms with Gasteiger partial charge in [-0.05, 0) is 28.5 Å². The summed E-state index contributed by atoms with van der Waals surface area (Å²) in [4.78, 5) is 17.5. The molecule has 2 aromatic heterocycles. The summed E-state index contributed by atoms with van der Waals surface area (Å²) in [5, 5.41) is 7.19. The van der Waals surface area contributed by atoms with Crippen molar-refractivity contribution < 1.29 is 0 Å². The third-order valence-electron chi connectivity index (χ3n) is 4.78. The van der Waals surface area contributed by atoms with Gasteiger partial charge in [-0.1, -0.05) is 60.7 Å². The van der Waals surface area contributed by atoms with Gasteiger partial charge in [0.1, 0.15) is 11.7 Å². The van der Waals surface area contributed by atoms with Crippen LogP contribution in [0, 0.1) is 0 Å². The van der Waals surface area contributed by atoms with Crippen LogP contribution >= 0.6 is 0 Å². The Balaban J connectivity index is 1.61. The third-order valence-corrected chi connectivity index (χ3v) is 4.78. The standard InChI is InChI=1S/C22H16N4O/c27-22-20-13-24-26(18-10-2-1-3-11-18)21(20)23-15-25(22)14-17-9-6-8-16-7-4-5-12-19(16)17/h1-13,15H,14H2. The number of hydrogen-bond donors (Lipinski definition) is 0. The maximum absolute atomic E-state index is 13.0. The first-order valence-corrected chi connectivity index (χ1v) is 8.76. The second kappa shape index (κ2) is 6.21. The van der Waals surface area contributed by atoms with Crippen LogP contribution in [0.4, 0.5) is 0 Å². The zero-order valence-corrected chi connectivity index (χ0v) is 14.5. The molecule has 5 heteroatoms. The van der Waals surface area contributed by atoms with Crippen molar-refractivity contribution in [2.75, 3.05) is 0 Å². The number of rotatable bonds is 3. The van der Waals surface area contributed by atoms with Crippen molar-refractivity contribution in [1.82, 2.24) is 19.3 Å². The minimum absolute atomic E-state index is 0.0879. The lowest BCUT2D eigenvalue weighted by Crippen LogP contribution is -2.21. The molecule has 0 unspecified atom stereocenters. The number of para-hydroxylation sites is 1. The van der Waals surface area contributed by atoms with Crippen molar-refractivity contribution in [2.45, 2.75) is 6.54 Å². The van der Waals surface area contributed by atoms with Gasteiger partial charge >= 0.3 is 0 Å². The molecule has 0 aliphatic rings. The van der Waals surface area contributed by atoms with E-state index in [-0.39, 0.29) is 5.56 Å². The van der Waals surface area contributed by atoms with Crippen molar-refractivity contribution in [3.63, 3.8) is 0 Å². The highest BCUT2D eigenvalue weighted by molar-refractivity contribution is 5.85. The summed E-state index contributed by atoms with van der Waals surface area (Å²) < 4.78 is 3.33. The summed E-state index contributed by atoms with van der Waals surface area (Å²) in [6.45, 7) is 0.472. The zero-order valence-electron chi connectivity index (χ0n) is 14.5. The quantitative estimate of drug-likeness (QED) is 0.496. The Labute approximate surface area is 155 Å². The van der Waals surface area contributed by atoms with Crippen molar-refractivity contribution in [2.24, 2.45) is 0 Å². The van der Waals surface area contributed by atoms with E-state index in [4.69, 9.17) is 0 Å². The highest BCUT2D eigenvalue weighted by atomic mass is 16.1. The fourth-order valence-electron chi connectivity index (χ4n) is 3.43. The first-order valence-electron chi connectivity index (χ1n) is 8.76. The molecule has 130 valence electrons. The molecule has 5 rings (SSSR count). The van der Waals surface area contributed by atoms with Gasteiger partial charge in [-0.3, -0.25) is 9.36 Å². The van der Waals surface area contributed by atoms with Gasteiger partial charge < -0.3 is 0 Å². The van der Waals surface area contributed by atoms with Gasteiger partial charge in [-0.15, -0.1) is 0 Å². The van der Waals surface area contributed by atoms with Gasteiger partial charge in [0, 0.05) is 0 Å². The van der Waals surface area contributed by atoms with E-state index in [1.54, 1.807) is 21.8 Å². The molecule has 0 spiro atoms.